The van der Waals surface area contributed by atoms with Crippen LogP contribution in [0.1, 0.15) is 45.2 Å². The van der Waals surface area contributed by atoms with Gasteiger partial charge in [0.15, 0.2) is 0 Å². The molecule has 0 amide bonds. The molecule has 0 spiro atoms. The number of pyridine rings is 1. The van der Waals surface area contributed by atoms with Crippen LogP contribution in [0.25, 0.3) is 0 Å². The maximum absolute atomic E-state index is 14.0. The van der Waals surface area contributed by atoms with Crippen LogP contribution in [-0.2, 0) is 0 Å². The van der Waals surface area contributed by atoms with Gasteiger partial charge in [0.05, 0.1) is 18.4 Å². The summed E-state index contributed by atoms with van der Waals surface area (Å²) in [5.74, 6) is -2.71. The maximum Gasteiger partial charge on any atom is 0.268 e. The van der Waals surface area contributed by atoms with Crippen LogP contribution < -0.4 is 4.90 Å². The molecule has 1 fully saturated rings. The topological polar surface area (TPSA) is 16.1 Å². The van der Waals surface area contributed by atoms with E-state index in [0.29, 0.717) is 25.3 Å². The Morgan fingerprint density at radius 3 is 2.63 bits per heavy atom. The Labute approximate surface area is 113 Å². The highest BCUT2D eigenvalue weighted by molar-refractivity contribution is 5.45. The normalized spacial score (nSPS) is 22.8. The second-order valence-electron chi connectivity index (χ2n) is 5.67. The summed E-state index contributed by atoms with van der Waals surface area (Å²) in [4.78, 5) is 6.11. The fraction of sp³-hybridized carbons (Fsp3) is 0.667. The van der Waals surface area contributed by atoms with Gasteiger partial charge in [0.2, 0.25) is 0 Å². The van der Waals surface area contributed by atoms with Gasteiger partial charge in [0.1, 0.15) is 0 Å². The van der Waals surface area contributed by atoms with E-state index in [2.05, 4.69) is 18.8 Å². The van der Waals surface area contributed by atoms with E-state index in [1.807, 2.05) is 19.1 Å². The fourth-order valence-electron chi connectivity index (χ4n) is 2.63. The predicted octanol–water partition coefficient (Wildman–Crippen LogP) is 4.08. The third-order valence-electron chi connectivity index (χ3n) is 3.97. The van der Waals surface area contributed by atoms with Gasteiger partial charge in [-0.25, -0.2) is 8.78 Å². The summed E-state index contributed by atoms with van der Waals surface area (Å²) < 4.78 is 27.9. The lowest BCUT2D eigenvalue weighted by atomic mass is 9.90. The van der Waals surface area contributed by atoms with E-state index >= 15 is 0 Å². The molecule has 2 heterocycles. The Hall–Kier alpha value is -1.19. The summed E-state index contributed by atoms with van der Waals surface area (Å²) >= 11 is 0. The Bertz CT molecular complexity index is 415. The van der Waals surface area contributed by atoms with E-state index in [9.17, 15) is 8.78 Å². The largest absolute Gasteiger partial charge is 0.364 e. The van der Waals surface area contributed by atoms with Crippen LogP contribution in [0.15, 0.2) is 18.3 Å². The van der Waals surface area contributed by atoms with Crippen molar-refractivity contribution >= 4 is 5.69 Å². The number of alkyl halides is 2. The SMILES string of the molecule is CCC1CCN(c2ccc(C(C)C)nc2)CC1(F)F. The van der Waals surface area contributed by atoms with E-state index in [4.69, 9.17) is 0 Å². The molecule has 2 nitrogen and oxygen atoms in total. The molecule has 1 atom stereocenters. The average molecular weight is 268 g/mol. The maximum atomic E-state index is 14.0. The first-order valence-corrected chi connectivity index (χ1v) is 7.02. The van der Waals surface area contributed by atoms with Crippen molar-refractivity contribution in [1.29, 1.82) is 0 Å². The quantitative estimate of drug-likeness (QED) is 0.821. The molecule has 2 rings (SSSR count). The van der Waals surface area contributed by atoms with E-state index in [1.165, 1.54) is 0 Å². The van der Waals surface area contributed by atoms with Gasteiger partial charge in [-0.05, 0) is 30.9 Å². The monoisotopic (exact) mass is 268 g/mol. The second-order valence-corrected chi connectivity index (χ2v) is 5.67. The summed E-state index contributed by atoms with van der Waals surface area (Å²) in [5, 5.41) is 0. The molecule has 4 heteroatoms. The molecule has 19 heavy (non-hydrogen) atoms. The summed E-state index contributed by atoms with van der Waals surface area (Å²) in [6.07, 6.45) is 2.82. The van der Waals surface area contributed by atoms with Crippen molar-refractivity contribution in [3.63, 3.8) is 0 Å². The van der Waals surface area contributed by atoms with E-state index in [1.54, 1.807) is 11.1 Å². The van der Waals surface area contributed by atoms with Crippen LogP contribution in [0.4, 0.5) is 14.5 Å². The van der Waals surface area contributed by atoms with Gasteiger partial charge in [-0.15, -0.1) is 0 Å². The number of hydrogen-bond donors (Lipinski definition) is 0. The summed E-state index contributed by atoms with van der Waals surface area (Å²) in [7, 11) is 0. The van der Waals surface area contributed by atoms with Crippen LogP contribution in [0.2, 0.25) is 0 Å². The minimum atomic E-state index is -2.59. The molecular formula is C15H22F2N2. The van der Waals surface area contributed by atoms with E-state index < -0.39 is 11.8 Å². The third kappa shape index (κ3) is 3.04. The summed E-state index contributed by atoms with van der Waals surface area (Å²) in [6, 6.07) is 3.84. The van der Waals surface area contributed by atoms with Gasteiger partial charge < -0.3 is 4.90 Å². The van der Waals surface area contributed by atoms with Crippen molar-refractivity contribution in [3.8, 4) is 0 Å². The molecule has 0 radical (unpaired) electrons. The molecule has 106 valence electrons. The molecule has 1 unspecified atom stereocenters. The minimum absolute atomic E-state index is 0.186. The summed E-state index contributed by atoms with van der Waals surface area (Å²) in [5.41, 5.74) is 1.80. The molecule has 1 aromatic heterocycles. The Morgan fingerprint density at radius 2 is 2.16 bits per heavy atom. The molecule has 0 bridgehead atoms. The van der Waals surface area contributed by atoms with Crippen molar-refractivity contribution in [3.05, 3.63) is 24.0 Å². The lowest BCUT2D eigenvalue weighted by Gasteiger charge is -2.39. The van der Waals surface area contributed by atoms with Gasteiger partial charge >= 0.3 is 0 Å². The van der Waals surface area contributed by atoms with Gasteiger partial charge in [0.25, 0.3) is 5.92 Å². The molecule has 1 aliphatic heterocycles. The lowest BCUT2D eigenvalue weighted by Crippen LogP contribution is -2.48. The van der Waals surface area contributed by atoms with Crippen LogP contribution in [0.5, 0.6) is 0 Å². The van der Waals surface area contributed by atoms with Gasteiger partial charge in [-0.1, -0.05) is 20.8 Å². The molecule has 1 saturated heterocycles. The number of aromatic nitrogens is 1. The zero-order chi connectivity index (χ0) is 14.0. The molecule has 0 saturated carbocycles. The molecule has 1 aromatic rings. The highest BCUT2D eigenvalue weighted by Gasteiger charge is 2.43. The first kappa shape index (κ1) is 14.2. The molecule has 0 aliphatic carbocycles. The van der Waals surface area contributed by atoms with Crippen molar-refractivity contribution in [1.82, 2.24) is 4.98 Å². The fourth-order valence-corrected chi connectivity index (χ4v) is 2.63. The standard InChI is InChI=1S/C15H22F2N2/c1-4-12-7-8-19(10-15(12,16)17)13-5-6-14(11(2)3)18-9-13/h5-6,9,11-12H,4,7-8,10H2,1-3H3. The smallest absolute Gasteiger partial charge is 0.268 e. The first-order valence-electron chi connectivity index (χ1n) is 7.02. The Balaban J connectivity index is 2.11. The van der Waals surface area contributed by atoms with Crippen LogP contribution >= 0.6 is 0 Å². The van der Waals surface area contributed by atoms with Crippen LogP contribution in [0, 0.1) is 5.92 Å². The molecule has 1 aliphatic rings. The number of halogens is 2. The lowest BCUT2D eigenvalue weighted by molar-refractivity contribution is -0.0656. The highest BCUT2D eigenvalue weighted by atomic mass is 19.3. The molecule has 0 aromatic carbocycles. The number of rotatable bonds is 3. The predicted molar refractivity (Wildman–Crippen MR) is 73.9 cm³/mol. The molecular weight excluding hydrogens is 246 g/mol. The zero-order valence-corrected chi connectivity index (χ0v) is 11.9. The highest BCUT2D eigenvalue weighted by Crippen LogP contribution is 2.36. The van der Waals surface area contributed by atoms with Crippen molar-refractivity contribution < 1.29 is 8.78 Å². The van der Waals surface area contributed by atoms with Crippen molar-refractivity contribution in [2.45, 2.75) is 45.5 Å². The first-order chi connectivity index (χ1) is 8.94. The van der Waals surface area contributed by atoms with E-state index in [0.717, 1.165) is 11.4 Å². The van der Waals surface area contributed by atoms with Crippen LogP contribution in [-0.4, -0.2) is 24.0 Å². The zero-order valence-electron chi connectivity index (χ0n) is 11.9. The Kier molecular flexibility index (Phi) is 4.07. The number of hydrogen-bond acceptors (Lipinski definition) is 2. The number of anilines is 1. The number of piperidine rings is 1. The average Bonchev–Trinajstić information content (AvgIpc) is 2.37. The van der Waals surface area contributed by atoms with Gasteiger partial charge in [-0.2, -0.15) is 0 Å². The van der Waals surface area contributed by atoms with E-state index in [-0.39, 0.29) is 6.54 Å². The Morgan fingerprint density at radius 1 is 1.42 bits per heavy atom. The minimum Gasteiger partial charge on any atom is -0.364 e. The molecule has 0 N–H and O–H groups in total. The van der Waals surface area contributed by atoms with Gasteiger partial charge in [-0.3, -0.25) is 4.98 Å². The van der Waals surface area contributed by atoms with Crippen LogP contribution in [0.3, 0.4) is 0 Å². The number of nitrogens with zero attached hydrogens (tertiary/aromatic N) is 2. The summed E-state index contributed by atoms with van der Waals surface area (Å²) in [6.45, 7) is 6.49. The second kappa shape index (κ2) is 5.43. The third-order valence-corrected chi connectivity index (χ3v) is 3.97. The van der Waals surface area contributed by atoms with Gasteiger partial charge in [0, 0.05) is 18.2 Å². The van der Waals surface area contributed by atoms with Crippen molar-refractivity contribution in [2.24, 2.45) is 5.92 Å². The van der Waals surface area contributed by atoms with Crippen molar-refractivity contribution in [2.75, 3.05) is 18.0 Å².